The molecule has 2 aromatic rings. The van der Waals surface area contributed by atoms with Gasteiger partial charge in [0.2, 0.25) is 15.9 Å². The van der Waals surface area contributed by atoms with Gasteiger partial charge in [0.1, 0.15) is 11.8 Å². The number of rotatable bonds is 8. The molecule has 0 fully saturated rings. The van der Waals surface area contributed by atoms with Gasteiger partial charge in [0.05, 0.1) is 30.1 Å². The summed E-state index contributed by atoms with van der Waals surface area (Å²) in [5, 5.41) is 3.38. The highest BCUT2D eigenvalue weighted by Gasteiger charge is 2.33. The van der Waals surface area contributed by atoms with Crippen LogP contribution in [0.3, 0.4) is 0 Å². The number of hydrogen-bond acceptors (Lipinski definition) is 4. The van der Waals surface area contributed by atoms with Crippen LogP contribution in [0.1, 0.15) is 31.9 Å². The minimum Gasteiger partial charge on any atom is -0.496 e. The van der Waals surface area contributed by atoms with Gasteiger partial charge in [0.25, 0.3) is 0 Å². The number of ether oxygens (including phenoxy) is 1. The molecule has 0 aliphatic carbocycles. The lowest BCUT2D eigenvalue weighted by molar-refractivity contribution is -0.122. The molecule has 2 unspecified atom stereocenters. The van der Waals surface area contributed by atoms with Crippen LogP contribution in [0, 0.1) is 0 Å². The van der Waals surface area contributed by atoms with Crippen LogP contribution in [-0.4, -0.2) is 33.7 Å². The second kappa shape index (κ2) is 9.69. The molecule has 158 valence electrons. The van der Waals surface area contributed by atoms with Crippen molar-refractivity contribution in [2.45, 2.75) is 32.4 Å². The van der Waals surface area contributed by atoms with Crippen LogP contribution in [0.15, 0.2) is 42.5 Å². The zero-order chi connectivity index (χ0) is 21.8. The van der Waals surface area contributed by atoms with E-state index in [1.807, 2.05) is 18.2 Å². The minimum absolute atomic E-state index is 0.161. The van der Waals surface area contributed by atoms with E-state index in [2.05, 4.69) is 5.32 Å². The van der Waals surface area contributed by atoms with Crippen LogP contribution in [-0.2, 0) is 14.8 Å². The molecule has 2 aromatic carbocycles. The summed E-state index contributed by atoms with van der Waals surface area (Å²) in [7, 11) is -2.27. The predicted molar refractivity (Wildman–Crippen MR) is 117 cm³/mol. The van der Waals surface area contributed by atoms with Crippen LogP contribution < -0.4 is 14.4 Å². The maximum atomic E-state index is 13.1. The molecule has 0 bridgehead atoms. The molecule has 0 aliphatic rings. The fourth-order valence-electron chi connectivity index (χ4n) is 3.10. The van der Waals surface area contributed by atoms with Crippen molar-refractivity contribution in [1.29, 1.82) is 0 Å². The van der Waals surface area contributed by atoms with Gasteiger partial charge in [-0.25, -0.2) is 8.42 Å². The maximum absolute atomic E-state index is 13.1. The first-order valence-electron chi connectivity index (χ1n) is 8.97. The standard InChI is InChI=1S/C20H24Cl2N2O4S/c1-5-17(20(25)23-13(2)15-8-6-7-9-19(15)28-3)24(29(4,26)27)18-12-14(21)10-11-16(18)22/h6-13,17H,5H2,1-4H3,(H,23,25). The Morgan fingerprint density at radius 1 is 1.21 bits per heavy atom. The number of methoxy groups -OCH3 is 1. The van der Waals surface area contributed by atoms with Crippen molar-refractivity contribution in [2.75, 3.05) is 17.7 Å². The third-order valence-electron chi connectivity index (χ3n) is 4.44. The van der Waals surface area contributed by atoms with Gasteiger partial charge in [-0.15, -0.1) is 0 Å². The molecule has 1 N–H and O–H groups in total. The number of halogens is 2. The second-order valence-electron chi connectivity index (χ2n) is 6.55. The molecule has 1 amide bonds. The van der Waals surface area contributed by atoms with E-state index in [9.17, 15) is 13.2 Å². The monoisotopic (exact) mass is 458 g/mol. The summed E-state index contributed by atoms with van der Waals surface area (Å²) in [6.45, 7) is 3.54. The van der Waals surface area contributed by atoms with Crippen LogP contribution in [0.5, 0.6) is 5.75 Å². The van der Waals surface area contributed by atoms with Gasteiger partial charge in [0.15, 0.2) is 0 Å². The lowest BCUT2D eigenvalue weighted by atomic mass is 10.1. The van der Waals surface area contributed by atoms with Crippen molar-refractivity contribution in [1.82, 2.24) is 5.32 Å². The molecule has 0 aromatic heterocycles. The average molecular weight is 459 g/mol. The number of anilines is 1. The first-order chi connectivity index (χ1) is 13.6. The highest BCUT2D eigenvalue weighted by molar-refractivity contribution is 7.92. The van der Waals surface area contributed by atoms with E-state index in [4.69, 9.17) is 27.9 Å². The third-order valence-corrected chi connectivity index (χ3v) is 6.16. The van der Waals surface area contributed by atoms with Gasteiger partial charge < -0.3 is 10.1 Å². The number of carbonyl (C=O) groups excluding carboxylic acids is 1. The van der Waals surface area contributed by atoms with E-state index in [0.29, 0.717) is 10.8 Å². The first kappa shape index (κ1) is 23.3. The van der Waals surface area contributed by atoms with E-state index in [0.717, 1.165) is 16.1 Å². The normalized spacial score (nSPS) is 13.4. The van der Waals surface area contributed by atoms with Crippen molar-refractivity contribution in [3.8, 4) is 5.75 Å². The fraction of sp³-hybridized carbons (Fsp3) is 0.350. The minimum atomic E-state index is -3.82. The van der Waals surface area contributed by atoms with E-state index < -0.39 is 28.0 Å². The Labute approximate surface area is 181 Å². The summed E-state index contributed by atoms with van der Waals surface area (Å²) in [5.74, 6) is 0.179. The molecular formula is C20H24Cl2N2O4S. The van der Waals surface area contributed by atoms with Crippen LogP contribution >= 0.6 is 23.2 Å². The molecule has 6 nitrogen and oxygen atoms in total. The molecule has 9 heteroatoms. The summed E-state index contributed by atoms with van der Waals surface area (Å²) in [5.41, 5.74) is 0.943. The van der Waals surface area contributed by atoms with Crippen molar-refractivity contribution in [3.63, 3.8) is 0 Å². The predicted octanol–water partition coefficient (Wildman–Crippen LogP) is 4.42. The van der Waals surface area contributed by atoms with E-state index in [1.54, 1.807) is 33.1 Å². The zero-order valence-electron chi connectivity index (χ0n) is 16.6. The van der Waals surface area contributed by atoms with Gasteiger partial charge in [-0.05, 0) is 37.6 Å². The van der Waals surface area contributed by atoms with Gasteiger partial charge in [-0.2, -0.15) is 0 Å². The molecule has 0 heterocycles. The zero-order valence-corrected chi connectivity index (χ0v) is 19.0. The van der Waals surface area contributed by atoms with Crippen LogP contribution in [0.4, 0.5) is 5.69 Å². The SMILES string of the molecule is CCC(C(=O)NC(C)c1ccccc1OC)N(c1cc(Cl)ccc1Cl)S(C)(=O)=O. The van der Waals surface area contributed by atoms with E-state index >= 15 is 0 Å². The summed E-state index contributed by atoms with van der Waals surface area (Å²) >= 11 is 12.3. The van der Waals surface area contributed by atoms with Gasteiger partial charge in [-0.3, -0.25) is 9.10 Å². The van der Waals surface area contributed by atoms with Crippen molar-refractivity contribution >= 4 is 44.8 Å². The highest BCUT2D eigenvalue weighted by atomic mass is 35.5. The Kier molecular flexibility index (Phi) is 7.80. The summed E-state index contributed by atoms with van der Waals surface area (Å²) in [6.07, 6.45) is 1.27. The number of nitrogens with one attached hydrogen (secondary N) is 1. The summed E-state index contributed by atoms with van der Waals surface area (Å²) in [6, 6.07) is 10.4. The molecule has 29 heavy (non-hydrogen) atoms. The number of amides is 1. The number of carbonyl (C=O) groups is 1. The molecule has 2 atom stereocenters. The number of benzene rings is 2. The first-order valence-corrected chi connectivity index (χ1v) is 11.6. The number of para-hydroxylation sites is 1. The molecule has 0 spiro atoms. The lowest BCUT2D eigenvalue weighted by Crippen LogP contribution is -2.49. The van der Waals surface area contributed by atoms with Crippen LogP contribution in [0.25, 0.3) is 0 Å². The smallest absolute Gasteiger partial charge is 0.244 e. The fourth-order valence-corrected chi connectivity index (χ4v) is 4.74. The Bertz CT molecular complexity index is 982. The Hall–Kier alpha value is -1.96. The Balaban J connectivity index is 2.40. The van der Waals surface area contributed by atoms with E-state index in [1.165, 1.54) is 12.1 Å². The van der Waals surface area contributed by atoms with Crippen molar-refractivity contribution in [2.24, 2.45) is 0 Å². The Morgan fingerprint density at radius 3 is 2.45 bits per heavy atom. The van der Waals surface area contributed by atoms with Crippen molar-refractivity contribution < 1.29 is 17.9 Å². The molecule has 0 saturated carbocycles. The second-order valence-corrected chi connectivity index (χ2v) is 9.25. The molecule has 0 aliphatic heterocycles. The lowest BCUT2D eigenvalue weighted by Gasteiger charge is -2.31. The van der Waals surface area contributed by atoms with Gasteiger partial charge >= 0.3 is 0 Å². The molecule has 2 rings (SSSR count). The molecule has 0 radical (unpaired) electrons. The summed E-state index contributed by atoms with van der Waals surface area (Å²) < 4.78 is 31.5. The quantitative estimate of drug-likeness (QED) is 0.634. The average Bonchev–Trinajstić information content (AvgIpc) is 2.66. The maximum Gasteiger partial charge on any atom is 0.244 e. The molecular weight excluding hydrogens is 435 g/mol. The third kappa shape index (κ3) is 5.56. The summed E-state index contributed by atoms with van der Waals surface area (Å²) in [4.78, 5) is 13.1. The topological polar surface area (TPSA) is 75.7 Å². The molecule has 0 saturated heterocycles. The number of sulfonamides is 1. The van der Waals surface area contributed by atoms with E-state index in [-0.39, 0.29) is 17.1 Å². The van der Waals surface area contributed by atoms with Crippen molar-refractivity contribution in [3.05, 3.63) is 58.1 Å². The van der Waals surface area contributed by atoms with Gasteiger partial charge in [0, 0.05) is 10.6 Å². The largest absolute Gasteiger partial charge is 0.496 e. The Morgan fingerprint density at radius 2 is 1.86 bits per heavy atom. The highest BCUT2D eigenvalue weighted by Crippen LogP contribution is 2.33. The number of hydrogen-bond donors (Lipinski definition) is 1. The number of nitrogens with zero attached hydrogens (tertiary/aromatic N) is 1. The van der Waals surface area contributed by atoms with Crippen LogP contribution in [0.2, 0.25) is 10.0 Å². The van der Waals surface area contributed by atoms with Gasteiger partial charge in [-0.1, -0.05) is 48.3 Å².